The fourth-order valence-electron chi connectivity index (χ4n) is 2.67. The van der Waals surface area contributed by atoms with Crippen LogP contribution in [0, 0.1) is 0 Å². The Morgan fingerprint density at radius 1 is 1.36 bits per heavy atom. The standard InChI is InChI=1S/C18H27NO3/c1-2-11-19(14-16-7-4-3-5-8-16)18(20)10-13-21-15-17-9-6-12-22-17/h3-5,7-8,17H,2,6,9-15H2,1H3. The number of amides is 1. The van der Waals surface area contributed by atoms with Crippen LogP contribution >= 0.6 is 0 Å². The summed E-state index contributed by atoms with van der Waals surface area (Å²) in [7, 11) is 0. The van der Waals surface area contributed by atoms with Gasteiger partial charge < -0.3 is 14.4 Å². The number of carbonyl (C=O) groups is 1. The molecule has 0 spiro atoms. The Morgan fingerprint density at radius 3 is 2.86 bits per heavy atom. The molecule has 1 aliphatic rings. The predicted molar refractivity (Wildman–Crippen MR) is 86.6 cm³/mol. The molecule has 122 valence electrons. The van der Waals surface area contributed by atoms with Crippen LogP contribution in [0.5, 0.6) is 0 Å². The minimum absolute atomic E-state index is 0.165. The lowest BCUT2D eigenvalue weighted by atomic mass is 10.2. The molecule has 4 heteroatoms. The third-order valence-corrected chi connectivity index (χ3v) is 3.85. The van der Waals surface area contributed by atoms with Gasteiger partial charge in [-0.1, -0.05) is 37.3 Å². The third-order valence-electron chi connectivity index (χ3n) is 3.85. The van der Waals surface area contributed by atoms with E-state index in [1.54, 1.807) is 0 Å². The summed E-state index contributed by atoms with van der Waals surface area (Å²) >= 11 is 0. The molecule has 1 saturated heterocycles. The van der Waals surface area contributed by atoms with Crippen LogP contribution in [0.25, 0.3) is 0 Å². The van der Waals surface area contributed by atoms with Gasteiger partial charge in [-0.25, -0.2) is 0 Å². The van der Waals surface area contributed by atoms with Crippen molar-refractivity contribution in [2.45, 2.75) is 45.3 Å². The lowest BCUT2D eigenvalue weighted by molar-refractivity contribution is -0.133. The first-order chi connectivity index (χ1) is 10.8. The Labute approximate surface area is 133 Å². The van der Waals surface area contributed by atoms with Gasteiger partial charge in [0.1, 0.15) is 0 Å². The molecule has 22 heavy (non-hydrogen) atoms. The van der Waals surface area contributed by atoms with Gasteiger partial charge in [-0.3, -0.25) is 4.79 Å². The van der Waals surface area contributed by atoms with E-state index in [-0.39, 0.29) is 12.0 Å². The number of nitrogens with zero attached hydrogens (tertiary/aromatic N) is 1. The smallest absolute Gasteiger partial charge is 0.225 e. The van der Waals surface area contributed by atoms with E-state index in [1.165, 1.54) is 5.56 Å². The monoisotopic (exact) mass is 305 g/mol. The molecule has 0 aromatic heterocycles. The van der Waals surface area contributed by atoms with Gasteiger partial charge in [0.25, 0.3) is 0 Å². The van der Waals surface area contributed by atoms with E-state index in [2.05, 4.69) is 19.1 Å². The van der Waals surface area contributed by atoms with Crippen LogP contribution in [0.3, 0.4) is 0 Å². The van der Waals surface area contributed by atoms with Gasteiger partial charge in [0.05, 0.1) is 25.7 Å². The van der Waals surface area contributed by atoms with Crippen LogP contribution in [0.15, 0.2) is 30.3 Å². The van der Waals surface area contributed by atoms with E-state index in [4.69, 9.17) is 9.47 Å². The van der Waals surface area contributed by atoms with Crippen molar-refractivity contribution in [2.75, 3.05) is 26.4 Å². The quantitative estimate of drug-likeness (QED) is 0.658. The van der Waals surface area contributed by atoms with Gasteiger partial charge in [0, 0.05) is 19.7 Å². The summed E-state index contributed by atoms with van der Waals surface area (Å²) in [6.45, 7) is 5.50. The minimum atomic E-state index is 0.165. The molecule has 1 aliphatic heterocycles. The van der Waals surface area contributed by atoms with Crippen molar-refractivity contribution in [1.29, 1.82) is 0 Å². The van der Waals surface area contributed by atoms with Crippen molar-refractivity contribution in [3.8, 4) is 0 Å². The number of ether oxygens (including phenoxy) is 2. The SMILES string of the molecule is CCCN(Cc1ccccc1)C(=O)CCOCC1CCCO1. The zero-order valence-corrected chi connectivity index (χ0v) is 13.5. The molecule has 0 bridgehead atoms. The van der Waals surface area contributed by atoms with Crippen LogP contribution in [-0.4, -0.2) is 43.3 Å². The second-order valence-electron chi connectivity index (χ2n) is 5.76. The lowest BCUT2D eigenvalue weighted by Crippen LogP contribution is -2.32. The molecule has 4 nitrogen and oxygen atoms in total. The van der Waals surface area contributed by atoms with Gasteiger partial charge in [-0.15, -0.1) is 0 Å². The first-order valence-electron chi connectivity index (χ1n) is 8.30. The Morgan fingerprint density at radius 2 is 2.18 bits per heavy atom. The van der Waals surface area contributed by atoms with Crippen molar-refractivity contribution in [2.24, 2.45) is 0 Å². The lowest BCUT2D eigenvalue weighted by Gasteiger charge is -2.22. The summed E-state index contributed by atoms with van der Waals surface area (Å²) in [5.74, 6) is 0.165. The van der Waals surface area contributed by atoms with Crippen molar-refractivity contribution < 1.29 is 14.3 Å². The maximum atomic E-state index is 12.3. The fourth-order valence-corrected chi connectivity index (χ4v) is 2.67. The molecule has 1 aromatic rings. The number of carbonyl (C=O) groups excluding carboxylic acids is 1. The van der Waals surface area contributed by atoms with Gasteiger partial charge in [-0.2, -0.15) is 0 Å². The summed E-state index contributed by atoms with van der Waals surface area (Å²) in [6, 6.07) is 10.1. The summed E-state index contributed by atoms with van der Waals surface area (Å²) in [6.07, 6.45) is 3.83. The predicted octanol–water partition coefficient (Wildman–Crippen LogP) is 3.01. The zero-order chi connectivity index (χ0) is 15.6. The van der Waals surface area contributed by atoms with E-state index >= 15 is 0 Å². The first-order valence-corrected chi connectivity index (χ1v) is 8.30. The topological polar surface area (TPSA) is 38.8 Å². The first kappa shape index (κ1) is 17.0. The Kier molecular flexibility index (Phi) is 7.40. The molecule has 2 rings (SSSR count). The van der Waals surface area contributed by atoms with E-state index in [1.807, 2.05) is 23.1 Å². The summed E-state index contributed by atoms with van der Waals surface area (Å²) in [4.78, 5) is 14.3. The summed E-state index contributed by atoms with van der Waals surface area (Å²) in [5.41, 5.74) is 1.17. The van der Waals surface area contributed by atoms with Crippen molar-refractivity contribution in [3.63, 3.8) is 0 Å². The van der Waals surface area contributed by atoms with E-state index in [0.717, 1.165) is 32.4 Å². The molecule has 1 heterocycles. The molecule has 1 atom stereocenters. The maximum absolute atomic E-state index is 12.3. The molecule has 1 fully saturated rings. The Hall–Kier alpha value is -1.39. The molecule has 1 amide bonds. The zero-order valence-electron chi connectivity index (χ0n) is 13.5. The van der Waals surface area contributed by atoms with Crippen LogP contribution in [0.1, 0.15) is 38.2 Å². The Bertz CT molecular complexity index is 429. The van der Waals surface area contributed by atoms with Gasteiger partial charge in [0.15, 0.2) is 0 Å². The molecule has 0 saturated carbocycles. The second-order valence-corrected chi connectivity index (χ2v) is 5.76. The molecular formula is C18H27NO3. The average molecular weight is 305 g/mol. The highest BCUT2D eigenvalue weighted by Gasteiger charge is 2.16. The molecular weight excluding hydrogens is 278 g/mol. The number of rotatable bonds is 9. The number of hydrogen-bond donors (Lipinski definition) is 0. The number of hydrogen-bond acceptors (Lipinski definition) is 3. The second kappa shape index (κ2) is 9.59. The van der Waals surface area contributed by atoms with Gasteiger partial charge in [0.2, 0.25) is 5.91 Å². The van der Waals surface area contributed by atoms with Crippen molar-refractivity contribution >= 4 is 5.91 Å². The van der Waals surface area contributed by atoms with Crippen LogP contribution in [-0.2, 0) is 20.8 Å². The highest BCUT2D eigenvalue weighted by atomic mass is 16.5. The largest absolute Gasteiger partial charge is 0.378 e. The van der Waals surface area contributed by atoms with Gasteiger partial charge in [-0.05, 0) is 24.8 Å². The van der Waals surface area contributed by atoms with E-state index in [0.29, 0.717) is 26.2 Å². The van der Waals surface area contributed by atoms with Crippen LogP contribution < -0.4 is 0 Å². The fraction of sp³-hybridized carbons (Fsp3) is 0.611. The van der Waals surface area contributed by atoms with Crippen LogP contribution in [0.4, 0.5) is 0 Å². The minimum Gasteiger partial charge on any atom is -0.378 e. The van der Waals surface area contributed by atoms with Crippen molar-refractivity contribution in [3.05, 3.63) is 35.9 Å². The van der Waals surface area contributed by atoms with Gasteiger partial charge >= 0.3 is 0 Å². The summed E-state index contributed by atoms with van der Waals surface area (Å²) in [5, 5.41) is 0. The van der Waals surface area contributed by atoms with Crippen molar-refractivity contribution in [1.82, 2.24) is 4.90 Å². The highest BCUT2D eigenvalue weighted by molar-refractivity contribution is 5.76. The van der Waals surface area contributed by atoms with E-state index < -0.39 is 0 Å². The Balaban J connectivity index is 1.71. The average Bonchev–Trinajstić information content (AvgIpc) is 3.05. The third kappa shape index (κ3) is 5.78. The maximum Gasteiger partial charge on any atom is 0.225 e. The normalized spacial score (nSPS) is 17.6. The van der Waals surface area contributed by atoms with Crippen LogP contribution in [0.2, 0.25) is 0 Å². The highest BCUT2D eigenvalue weighted by Crippen LogP contribution is 2.12. The number of benzene rings is 1. The molecule has 1 aromatic carbocycles. The molecule has 0 aliphatic carbocycles. The molecule has 0 N–H and O–H groups in total. The summed E-state index contributed by atoms with van der Waals surface area (Å²) < 4.78 is 11.1. The molecule has 0 radical (unpaired) electrons. The van der Waals surface area contributed by atoms with E-state index in [9.17, 15) is 4.79 Å². The molecule has 1 unspecified atom stereocenters.